The lowest BCUT2D eigenvalue weighted by molar-refractivity contribution is -0.144. The molecule has 0 heterocycles. The van der Waals surface area contributed by atoms with Gasteiger partial charge in [0.05, 0.1) is 12.9 Å². The highest BCUT2D eigenvalue weighted by molar-refractivity contribution is 7.81. The first-order valence-corrected chi connectivity index (χ1v) is 4.51. The van der Waals surface area contributed by atoms with E-state index in [0.29, 0.717) is 0 Å². The highest BCUT2D eigenvalue weighted by atomic mass is 32.1. The van der Waals surface area contributed by atoms with Crippen molar-refractivity contribution in [1.82, 2.24) is 5.32 Å². The predicted octanol–water partition coefficient (Wildman–Crippen LogP) is -0.496. The molecule has 0 aliphatic heterocycles. The molecule has 0 aromatic heterocycles. The fraction of sp³-hybridized carbons (Fsp3) is 0.667. The molecule has 0 aromatic carbocycles. The van der Waals surface area contributed by atoms with Crippen molar-refractivity contribution >= 4 is 37.1 Å². The minimum atomic E-state index is -0.682. The number of amides is 1. The Kier molecular flexibility index (Phi) is 6.00. The first kappa shape index (κ1) is 11.6. The molecule has 0 aliphatic carbocycles. The van der Waals surface area contributed by atoms with E-state index in [9.17, 15) is 9.59 Å². The fourth-order valence-electron chi connectivity index (χ4n) is 0.561. The molecule has 0 aliphatic rings. The zero-order valence-corrected chi connectivity index (χ0v) is 8.40. The summed E-state index contributed by atoms with van der Waals surface area (Å²) >= 11 is 7.62. The van der Waals surface area contributed by atoms with Gasteiger partial charge in [-0.25, -0.2) is 4.79 Å². The summed E-state index contributed by atoms with van der Waals surface area (Å²) in [7, 11) is 1.26. The molecule has 1 atom stereocenters. The molecule has 0 spiro atoms. The van der Waals surface area contributed by atoms with Crippen molar-refractivity contribution in [3.05, 3.63) is 0 Å². The topological polar surface area (TPSA) is 55.4 Å². The maximum Gasteiger partial charge on any atom is 0.329 e. The van der Waals surface area contributed by atoms with Crippen LogP contribution in [0.1, 0.15) is 0 Å². The Balaban J connectivity index is 3.99. The molecule has 1 amide bonds. The van der Waals surface area contributed by atoms with Gasteiger partial charge < -0.3 is 10.1 Å². The number of ether oxygens (including phenoxy) is 1. The van der Waals surface area contributed by atoms with Crippen LogP contribution in [0, 0.1) is 0 Å². The van der Waals surface area contributed by atoms with Crippen LogP contribution in [-0.2, 0) is 14.3 Å². The molecule has 0 saturated carbocycles. The molecule has 1 N–H and O–H groups in total. The molecule has 0 radical (unpaired) electrons. The van der Waals surface area contributed by atoms with E-state index in [1.54, 1.807) is 0 Å². The Morgan fingerprint density at radius 1 is 1.50 bits per heavy atom. The van der Waals surface area contributed by atoms with Gasteiger partial charge in [0.25, 0.3) is 0 Å². The number of hydrogen-bond acceptors (Lipinski definition) is 5. The van der Waals surface area contributed by atoms with Crippen molar-refractivity contribution < 1.29 is 14.3 Å². The van der Waals surface area contributed by atoms with Gasteiger partial charge in [-0.1, -0.05) is 0 Å². The number of esters is 1. The minimum Gasteiger partial charge on any atom is -0.467 e. The lowest BCUT2D eigenvalue weighted by atomic mass is 10.3. The Morgan fingerprint density at radius 2 is 2.08 bits per heavy atom. The Bertz CT molecular complexity index is 174. The first-order chi connectivity index (χ1) is 5.65. The summed E-state index contributed by atoms with van der Waals surface area (Å²) in [6.07, 6.45) is 0. The molecular formula is C6H11NO3S2. The van der Waals surface area contributed by atoms with E-state index in [4.69, 9.17) is 0 Å². The molecule has 0 saturated heterocycles. The van der Waals surface area contributed by atoms with Crippen molar-refractivity contribution in [2.45, 2.75) is 6.04 Å². The van der Waals surface area contributed by atoms with Gasteiger partial charge in [0.2, 0.25) is 5.91 Å². The first-order valence-electron chi connectivity index (χ1n) is 3.24. The van der Waals surface area contributed by atoms with Gasteiger partial charge in [0.15, 0.2) is 0 Å². The van der Waals surface area contributed by atoms with Crippen LogP contribution in [-0.4, -0.2) is 36.5 Å². The summed E-state index contributed by atoms with van der Waals surface area (Å²) in [5.41, 5.74) is 0. The normalized spacial score (nSPS) is 11.9. The van der Waals surface area contributed by atoms with Crippen LogP contribution in [0.5, 0.6) is 0 Å². The van der Waals surface area contributed by atoms with Crippen LogP contribution in [0.15, 0.2) is 0 Å². The van der Waals surface area contributed by atoms with Gasteiger partial charge in [0, 0.05) is 5.75 Å². The van der Waals surface area contributed by atoms with Gasteiger partial charge >= 0.3 is 5.97 Å². The quantitative estimate of drug-likeness (QED) is 0.432. The van der Waals surface area contributed by atoms with Gasteiger partial charge in [-0.3, -0.25) is 4.79 Å². The Morgan fingerprint density at radius 3 is 2.42 bits per heavy atom. The maximum absolute atomic E-state index is 10.9. The number of carbonyl (C=O) groups is 2. The molecular weight excluding hydrogens is 198 g/mol. The molecule has 70 valence electrons. The SMILES string of the molecule is COC(=O)C(CS)NC(=O)CS. The van der Waals surface area contributed by atoms with Crippen molar-refractivity contribution in [3.63, 3.8) is 0 Å². The van der Waals surface area contributed by atoms with E-state index in [1.807, 2.05) is 0 Å². The third kappa shape index (κ3) is 3.87. The van der Waals surface area contributed by atoms with Crippen molar-refractivity contribution in [3.8, 4) is 0 Å². The standard InChI is InChI=1S/C6H11NO3S2/c1-10-6(9)4(2-11)7-5(8)3-12/h4,11-12H,2-3H2,1H3,(H,7,8). The monoisotopic (exact) mass is 209 g/mol. The third-order valence-electron chi connectivity index (χ3n) is 1.15. The molecule has 0 aromatic rings. The number of thiol groups is 2. The van der Waals surface area contributed by atoms with Gasteiger partial charge in [-0.15, -0.1) is 0 Å². The van der Waals surface area contributed by atoms with Crippen LogP contribution in [0.2, 0.25) is 0 Å². The van der Waals surface area contributed by atoms with E-state index in [2.05, 4.69) is 35.3 Å². The number of carbonyl (C=O) groups excluding carboxylic acids is 2. The molecule has 1 unspecified atom stereocenters. The van der Waals surface area contributed by atoms with Crippen molar-refractivity contribution in [1.29, 1.82) is 0 Å². The van der Waals surface area contributed by atoms with E-state index in [-0.39, 0.29) is 17.4 Å². The number of rotatable bonds is 4. The Hall–Kier alpha value is -0.360. The highest BCUT2D eigenvalue weighted by Gasteiger charge is 2.18. The van der Waals surface area contributed by atoms with Crippen molar-refractivity contribution in [2.24, 2.45) is 0 Å². The summed E-state index contributed by atoms with van der Waals surface area (Å²) in [5.74, 6) is -0.559. The third-order valence-corrected chi connectivity index (χ3v) is 1.80. The summed E-state index contributed by atoms with van der Waals surface area (Å²) in [5, 5.41) is 2.40. The van der Waals surface area contributed by atoms with Crippen LogP contribution < -0.4 is 5.32 Å². The van der Waals surface area contributed by atoms with E-state index < -0.39 is 12.0 Å². The van der Waals surface area contributed by atoms with Crippen LogP contribution in [0.25, 0.3) is 0 Å². The maximum atomic E-state index is 10.9. The molecule has 0 rings (SSSR count). The van der Waals surface area contributed by atoms with Crippen molar-refractivity contribution in [2.75, 3.05) is 18.6 Å². The molecule has 0 bridgehead atoms. The molecule has 12 heavy (non-hydrogen) atoms. The van der Waals surface area contributed by atoms with Crippen LogP contribution in [0.3, 0.4) is 0 Å². The zero-order chi connectivity index (χ0) is 9.56. The lowest BCUT2D eigenvalue weighted by Gasteiger charge is -2.12. The second kappa shape index (κ2) is 6.19. The average Bonchev–Trinajstić information content (AvgIpc) is 2.12. The Labute approximate surface area is 81.9 Å². The zero-order valence-electron chi connectivity index (χ0n) is 6.61. The molecule has 4 nitrogen and oxygen atoms in total. The van der Waals surface area contributed by atoms with Gasteiger partial charge in [-0.2, -0.15) is 25.3 Å². The van der Waals surface area contributed by atoms with Crippen LogP contribution in [0.4, 0.5) is 0 Å². The fourth-order valence-corrected chi connectivity index (χ4v) is 0.893. The number of methoxy groups -OCH3 is 1. The lowest BCUT2D eigenvalue weighted by Crippen LogP contribution is -2.43. The van der Waals surface area contributed by atoms with Gasteiger partial charge in [-0.05, 0) is 0 Å². The second-order valence-corrected chi connectivity index (χ2v) is 2.67. The molecule has 0 fully saturated rings. The summed E-state index contributed by atoms with van der Waals surface area (Å²) in [4.78, 5) is 21.7. The number of hydrogen-bond donors (Lipinski definition) is 3. The number of nitrogens with one attached hydrogen (secondary N) is 1. The summed E-state index contributed by atoms with van der Waals surface area (Å²) < 4.78 is 4.42. The highest BCUT2D eigenvalue weighted by Crippen LogP contribution is 1.91. The second-order valence-electron chi connectivity index (χ2n) is 1.98. The summed E-state index contributed by atoms with van der Waals surface area (Å²) in [6, 6.07) is -0.682. The molecule has 6 heteroatoms. The minimum absolute atomic E-state index is 0.0429. The van der Waals surface area contributed by atoms with Gasteiger partial charge in [0.1, 0.15) is 6.04 Å². The summed E-state index contributed by atoms with van der Waals surface area (Å²) in [6.45, 7) is 0. The predicted molar refractivity (Wildman–Crippen MR) is 51.7 cm³/mol. The van der Waals surface area contributed by atoms with E-state index >= 15 is 0 Å². The van der Waals surface area contributed by atoms with E-state index in [1.165, 1.54) is 7.11 Å². The van der Waals surface area contributed by atoms with E-state index in [0.717, 1.165) is 0 Å². The average molecular weight is 209 g/mol. The van der Waals surface area contributed by atoms with Crippen LogP contribution >= 0.6 is 25.3 Å². The largest absolute Gasteiger partial charge is 0.467 e. The smallest absolute Gasteiger partial charge is 0.329 e.